The zero-order valence-electron chi connectivity index (χ0n) is 14.9. The number of H-pyrrole nitrogens is 1. The van der Waals surface area contributed by atoms with Crippen molar-refractivity contribution >= 4 is 50.6 Å². The number of imidazole rings is 1. The zero-order valence-corrected chi connectivity index (χ0v) is 17.2. The van der Waals surface area contributed by atoms with Crippen LogP contribution in [0.3, 0.4) is 0 Å². The molecule has 4 rings (SSSR count). The Bertz CT molecular complexity index is 1120. The molecule has 0 aliphatic heterocycles. The number of amides is 1. The van der Waals surface area contributed by atoms with Crippen LogP contribution in [0.4, 0.5) is 4.79 Å². The van der Waals surface area contributed by atoms with Crippen LogP contribution in [0.2, 0.25) is 0 Å². The molecule has 4 aromatic rings. The van der Waals surface area contributed by atoms with Crippen molar-refractivity contribution in [3.63, 3.8) is 0 Å². The van der Waals surface area contributed by atoms with Crippen molar-refractivity contribution < 1.29 is 9.53 Å². The van der Waals surface area contributed by atoms with Gasteiger partial charge in [0.1, 0.15) is 23.1 Å². The molecule has 3 heterocycles. The van der Waals surface area contributed by atoms with E-state index in [1.165, 1.54) is 11.3 Å². The summed E-state index contributed by atoms with van der Waals surface area (Å²) in [6, 6.07) is 6.07. The molecular weight excluding hydrogens is 418 g/mol. The molecule has 0 fully saturated rings. The van der Waals surface area contributed by atoms with Gasteiger partial charge in [0.25, 0.3) is 0 Å². The molecule has 0 bridgehead atoms. The summed E-state index contributed by atoms with van der Waals surface area (Å²) in [5, 5.41) is 5.48. The summed E-state index contributed by atoms with van der Waals surface area (Å²) in [6.07, 6.45) is -0.531. The fourth-order valence-electron chi connectivity index (χ4n) is 2.68. The molecule has 10 heteroatoms. The zero-order chi connectivity index (χ0) is 19.5. The van der Waals surface area contributed by atoms with Crippen molar-refractivity contribution in [1.82, 2.24) is 25.3 Å². The number of carbonyl (C=O) groups excluding carboxylic acids is 1. The number of benzene rings is 1. The predicted octanol–water partition coefficient (Wildman–Crippen LogP) is 4.58. The molecule has 0 saturated carbocycles. The van der Waals surface area contributed by atoms with Gasteiger partial charge in [-0.25, -0.2) is 19.7 Å². The Morgan fingerprint density at radius 2 is 2.21 bits per heavy atom. The van der Waals surface area contributed by atoms with Crippen LogP contribution in [-0.4, -0.2) is 38.5 Å². The van der Waals surface area contributed by atoms with Crippen LogP contribution in [0.25, 0.3) is 32.2 Å². The molecule has 28 heavy (non-hydrogen) atoms. The molecule has 0 unspecified atom stereocenters. The van der Waals surface area contributed by atoms with E-state index in [0.717, 1.165) is 37.9 Å². The lowest BCUT2D eigenvalue weighted by Crippen LogP contribution is -2.25. The molecule has 0 saturated heterocycles. The van der Waals surface area contributed by atoms with E-state index in [1.807, 2.05) is 29.9 Å². The first-order chi connectivity index (χ1) is 13.6. The van der Waals surface area contributed by atoms with Gasteiger partial charge in [0.2, 0.25) is 0 Å². The van der Waals surface area contributed by atoms with Gasteiger partial charge in [-0.2, -0.15) is 0 Å². The third-order valence-electron chi connectivity index (χ3n) is 3.90. The maximum atomic E-state index is 11.7. The Balaban J connectivity index is 1.67. The number of hydrogen-bond donors (Lipinski definition) is 2. The van der Waals surface area contributed by atoms with Crippen LogP contribution in [-0.2, 0) is 11.3 Å². The lowest BCUT2D eigenvalue weighted by atomic mass is 10.1. The van der Waals surface area contributed by atoms with Gasteiger partial charge in [-0.1, -0.05) is 6.07 Å². The molecule has 0 atom stereocenters. The van der Waals surface area contributed by atoms with E-state index in [9.17, 15) is 4.79 Å². The number of alkyl halides is 1. The van der Waals surface area contributed by atoms with Crippen LogP contribution in [0, 0.1) is 6.92 Å². The maximum Gasteiger partial charge on any atom is 0.407 e. The summed E-state index contributed by atoms with van der Waals surface area (Å²) >= 11 is 8.65. The first-order valence-corrected chi connectivity index (χ1v) is 10.7. The molecule has 3 aromatic heterocycles. The van der Waals surface area contributed by atoms with Crippen molar-refractivity contribution in [2.75, 3.05) is 12.5 Å². The fourth-order valence-corrected chi connectivity index (χ4v) is 4.27. The van der Waals surface area contributed by atoms with E-state index in [2.05, 4.69) is 31.3 Å². The smallest absolute Gasteiger partial charge is 0.407 e. The Hall–Kier alpha value is -2.49. The minimum atomic E-state index is -0.531. The molecule has 0 spiro atoms. The summed E-state index contributed by atoms with van der Waals surface area (Å²) in [6.45, 7) is 2.32. The number of alkyl carbamates (subject to hydrolysis) is 1. The van der Waals surface area contributed by atoms with Gasteiger partial charge in [0.15, 0.2) is 0 Å². The Morgan fingerprint density at radius 3 is 3.00 bits per heavy atom. The van der Waals surface area contributed by atoms with Gasteiger partial charge in [-0.05, 0) is 19.1 Å². The molecule has 7 nitrogen and oxygen atoms in total. The van der Waals surface area contributed by atoms with Gasteiger partial charge in [-0.15, -0.1) is 34.3 Å². The number of nitrogens with one attached hydrogen (secondary N) is 2. The van der Waals surface area contributed by atoms with E-state index in [0.29, 0.717) is 5.82 Å². The minimum Gasteiger partial charge on any atom is -0.448 e. The number of ether oxygens (including phenoxy) is 1. The van der Waals surface area contributed by atoms with Crippen LogP contribution < -0.4 is 5.32 Å². The number of thiazole rings is 2. The van der Waals surface area contributed by atoms with E-state index >= 15 is 0 Å². The number of rotatable bonds is 6. The van der Waals surface area contributed by atoms with E-state index < -0.39 is 6.09 Å². The van der Waals surface area contributed by atoms with Gasteiger partial charge in [-0.3, -0.25) is 0 Å². The molecule has 1 amide bonds. The Kier molecular flexibility index (Phi) is 5.56. The van der Waals surface area contributed by atoms with Crippen molar-refractivity contribution in [3.8, 4) is 22.0 Å². The van der Waals surface area contributed by atoms with Crippen LogP contribution in [0.5, 0.6) is 0 Å². The minimum absolute atomic E-state index is 0.162. The summed E-state index contributed by atoms with van der Waals surface area (Å²) in [5.74, 6) is 0.872. The molecule has 144 valence electrons. The van der Waals surface area contributed by atoms with Crippen molar-refractivity contribution in [3.05, 3.63) is 40.6 Å². The molecule has 0 aliphatic carbocycles. The number of carbonyl (C=O) groups is 1. The number of nitrogens with zero attached hydrogens (tertiary/aromatic N) is 3. The average molecular weight is 434 g/mol. The van der Waals surface area contributed by atoms with Crippen LogP contribution in [0.1, 0.15) is 11.5 Å². The van der Waals surface area contributed by atoms with E-state index in [-0.39, 0.29) is 19.0 Å². The van der Waals surface area contributed by atoms with Crippen molar-refractivity contribution in [1.29, 1.82) is 0 Å². The Labute approximate surface area is 173 Å². The third-order valence-corrected chi connectivity index (χ3v) is 5.82. The highest BCUT2D eigenvalue weighted by atomic mass is 35.5. The topological polar surface area (TPSA) is 92.8 Å². The highest BCUT2D eigenvalue weighted by Gasteiger charge is 2.18. The Morgan fingerprint density at radius 1 is 1.32 bits per heavy atom. The van der Waals surface area contributed by atoms with Gasteiger partial charge < -0.3 is 15.0 Å². The molecule has 0 aliphatic rings. The molecule has 2 N–H and O–H groups in total. The van der Waals surface area contributed by atoms with E-state index in [4.69, 9.17) is 16.3 Å². The number of aromatic amines is 1. The highest BCUT2D eigenvalue weighted by molar-refractivity contribution is 7.16. The summed E-state index contributed by atoms with van der Waals surface area (Å²) in [7, 11) is 0. The first-order valence-electron chi connectivity index (χ1n) is 8.45. The number of halogens is 1. The third kappa shape index (κ3) is 4.01. The lowest BCUT2D eigenvalue weighted by Gasteiger charge is -2.03. The first kappa shape index (κ1) is 18.9. The number of aromatic nitrogens is 4. The number of aryl methyl sites for hydroxylation is 1. The van der Waals surface area contributed by atoms with Gasteiger partial charge in [0, 0.05) is 16.6 Å². The van der Waals surface area contributed by atoms with Crippen LogP contribution in [0.15, 0.2) is 29.1 Å². The van der Waals surface area contributed by atoms with Crippen molar-refractivity contribution in [2.45, 2.75) is 13.5 Å². The normalized spacial score (nSPS) is 11.1. The largest absolute Gasteiger partial charge is 0.448 e. The second-order valence-corrected chi connectivity index (χ2v) is 8.04. The fraction of sp³-hybridized carbons (Fsp3) is 0.222. The summed E-state index contributed by atoms with van der Waals surface area (Å²) < 4.78 is 6.02. The molecular formula is C18H16ClN5O2S2. The number of hydrogen-bond acceptors (Lipinski definition) is 7. The monoisotopic (exact) mass is 433 g/mol. The van der Waals surface area contributed by atoms with Gasteiger partial charge in [0.05, 0.1) is 33.8 Å². The molecule has 1 aromatic carbocycles. The second-order valence-electron chi connectivity index (χ2n) is 5.91. The van der Waals surface area contributed by atoms with Crippen LogP contribution >= 0.6 is 34.3 Å². The molecule has 0 radical (unpaired) electrons. The van der Waals surface area contributed by atoms with Gasteiger partial charge >= 0.3 is 6.09 Å². The standard InChI is InChI=1S/C18H16ClN5O2S2/c1-10-8-27-17(22-10)16-15(11-2-3-12-13(6-11)28-9-21-12)23-14(24-16)7-20-18(25)26-5-4-19/h2-3,6,8-9H,4-5,7H2,1H3,(H,20,25)(H,23,24). The second kappa shape index (κ2) is 8.26. The maximum absolute atomic E-state index is 11.7. The average Bonchev–Trinajstić information content (AvgIpc) is 3.42. The van der Waals surface area contributed by atoms with Crippen molar-refractivity contribution in [2.24, 2.45) is 0 Å². The quantitative estimate of drug-likeness (QED) is 0.434. The number of fused-ring (bicyclic) bond motifs is 1. The lowest BCUT2D eigenvalue weighted by molar-refractivity contribution is 0.152. The SMILES string of the molecule is Cc1csc(-c2nc(CNC(=O)OCCCl)[nH]c2-c2ccc3ncsc3c2)n1. The van der Waals surface area contributed by atoms with E-state index in [1.54, 1.807) is 11.3 Å². The predicted molar refractivity (Wildman–Crippen MR) is 112 cm³/mol. The summed E-state index contributed by atoms with van der Waals surface area (Å²) in [5.41, 5.74) is 6.33. The highest BCUT2D eigenvalue weighted by Crippen LogP contribution is 2.34. The summed E-state index contributed by atoms with van der Waals surface area (Å²) in [4.78, 5) is 28.6.